The molecule has 1 aliphatic rings. The van der Waals surface area contributed by atoms with Crippen LogP contribution in [-0.4, -0.2) is 59.1 Å². The van der Waals surface area contributed by atoms with Crippen LogP contribution in [0.1, 0.15) is 24.3 Å². The summed E-state index contributed by atoms with van der Waals surface area (Å²) in [7, 11) is 1.58. The standard InChI is InChI=1S/C24H28N4O3S/c1-16(2)14-28-20(13-18-9-12-32-23(18)28)22(29)26-10-11-27(17(3)15-26)24(30)25-19-7-5-6-8-21(19)31-4/h5-9,12-13,17H,1,10-11,14-15H2,2-4H3,(H,25,30). The molecule has 7 nitrogen and oxygen atoms in total. The number of anilines is 1. The summed E-state index contributed by atoms with van der Waals surface area (Å²) in [5, 5.41) is 6.04. The lowest BCUT2D eigenvalue weighted by molar-refractivity contribution is 0.0583. The van der Waals surface area contributed by atoms with Gasteiger partial charge in [-0.15, -0.1) is 11.3 Å². The van der Waals surface area contributed by atoms with E-state index in [0.29, 0.717) is 43.3 Å². The number of amides is 3. The van der Waals surface area contributed by atoms with Gasteiger partial charge in [0.2, 0.25) is 0 Å². The zero-order chi connectivity index (χ0) is 22.8. The fraction of sp³-hybridized carbons (Fsp3) is 0.333. The van der Waals surface area contributed by atoms with Crippen LogP contribution in [-0.2, 0) is 6.54 Å². The van der Waals surface area contributed by atoms with E-state index in [1.165, 1.54) is 0 Å². The van der Waals surface area contributed by atoms with E-state index >= 15 is 0 Å². The zero-order valence-corrected chi connectivity index (χ0v) is 19.4. The Morgan fingerprint density at radius 2 is 2.03 bits per heavy atom. The van der Waals surface area contributed by atoms with E-state index in [1.807, 2.05) is 54.5 Å². The molecule has 1 aliphatic heterocycles. The van der Waals surface area contributed by atoms with E-state index in [1.54, 1.807) is 29.4 Å². The molecule has 0 aliphatic carbocycles. The molecule has 4 rings (SSSR count). The summed E-state index contributed by atoms with van der Waals surface area (Å²) in [6.45, 7) is 9.98. The van der Waals surface area contributed by atoms with Crippen molar-refractivity contribution in [2.24, 2.45) is 0 Å². The zero-order valence-electron chi connectivity index (χ0n) is 18.6. The van der Waals surface area contributed by atoms with Gasteiger partial charge in [-0.3, -0.25) is 4.79 Å². The number of carbonyl (C=O) groups is 2. The van der Waals surface area contributed by atoms with Gasteiger partial charge in [-0.05, 0) is 43.5 Å². The van der Waals surface area contributed by atoms with Crippen LogP contribution in [0.25, 0.3) is 10.2 Å². The third-order valence-electron chi connectivity index (χ3n) is 5.67. The first kappa shape index (κ1) is 22.0. The molecule has 3 amide bonds. The number of aromatic nitrogens is 1. The molecule has 2 aromatic heterocycles. The number of nitrogens with one attached hydrogen (secondary N) is 1. The highest BCUT2D eigenvalue weighted by atomic mass is 32.1. The van der Waals surface area contributed by atoms with Gasteiger partial charge in [0, 0.05) is 37.6 Å². The summed E-state index contributed by atoms with van der Waals surface area (Å²) in [6.07, 6.45) is 0. The van der Waals surface area contributed by atoms with Crippen LogP contribution >= 0.6 is 11.3 Å². The van der Waals surface area contributed by atoms with Gasteiger partial charge in [-0.25, -0.2) is 4.79 Å². The first-order chi connectivity index (χ1) is 15.4. The van der Waals surface area contributed by atoms with Crippen molar-refractivity contribution in [1.29, 1.82) is 0 Å². The van der Waals surface area contributed by atoms with Gasteiger partial charge in [0.15, 0.2) is 0 Å². The quantitative estimate of drug-likeness (QED) is 0.572. The number of hydrogen-bond acceptors (Lipinski definition) is 4. The van der Waals surface area contributed by atoms with Crippen molar-refractivity contribution in [1.82, 2.24) is 14.4 Å². The highest BCUT2D eigenvalue weighted by molar-refractivity contribution is 7.16. The number of thiophene rings is 1. The normalized spacial score (nSPS) is 16.3. The predicted molar refractivity (Wildman–Crippen MR) is 129 cm³/mol. The SMILES string of the molecule is C=C(C)Cn1c(C(=O)N2CCN(C(=O)Nc3ccccc3OC)C(C)C2)cc2ccsc21. The maximum Gasteiger partial charge on any atom is 0.322 e. The monoisotopic (exact) mass is 452 g/mol. The smallest absolute Gasteiger partial charge is 0.322 e. The first-order valence-electron chi connectivity index (χ1n) is 10.6. The van der Waals surface area contributed by atoms with Crippen molar-refractivity contribution in [3.05, 3.63) is 59.6 Å². The van der Waals surface area contributed by atoms with Crippen LogP contribution in [0, 0.1) is 0 Å². The van der Waals surface area contributed by atoms with Crippen molar-refractivity contribution in [3.63, 3.8) is 0 Å². The van der Waals surface area contributed by atoms with Gasteiger partial charge in [0.05, 0.1) is 12.8 Å². The van der Waals surface area contributed by atoms with Gasteiger partial charge < -0.3 is 24.4 Å². The average Bonchev–Trinajstić information content (AvgIpc) is 3.36. The van der Waals surface area contributed by atoms with E-state index in [4.69, 9.17) is 4.74 Å². The number of para-hydroxylation sites is 2. The van der Waals surface area contributed by atoms with Crippen LogP contribution in [0.4, 0.5) is 10.5 Å². The van der Waals surface area contributed by atoms with Crippen LogP contribution in [0.3, 0.4) is 0 Å². The lowest BCUT2D eigenvalue weighted by Gasteiger charge is -2.39. The highest BCUT2D eigenvalue weighted by Crippen LogP contribution is 2.28. The second kappa shape index (κ2) is 9.08. The predicted octanol–water partition coefficient (Wildman–Crippen LogP) is 4.67. The lowest BCUT2D eigenvalue weighted by atomic mass is 10.2. The van der Waals surface area contributed by atoms with Crippen molar-refractivity contribution in [2.75, 3.05) is 32.1 Å². The Hall–Kier alpha value is -3.26. The summed E-state index contributed by atoms with van der Waals surface area (Å²) in [5.41, 5.74) is 2.30. The van der Waals surface area contributed by atoms with Crippen molar-refractivity contribution < 1.29 is 14.3 Å². The number of allylic oxidation sites excluding steroid dienone is 1. The number of ether oxygens (including phenoxy) is 1. The molecule has 1 aromatic carbocycles. The fourth-order valence-corrected chi connectivity index (χ4v) is 5.02. The summed E-state index contributed by atoms with van der Waals surface area (Å²) in [6, 6.07) is 11.0. The minimum atomic E-state index is -0.194. The molecule has 0 radical (unpaired) electrons. The average molecular weight is 453 g/mol. The molecule has 3 aromatic rings. The van der Waals surface area contributed by atoms with E-state index in [2.05, 4.69) is 16.5 Å². The molecule has 0 spiro atoms. The molecule has 1 saturated heterocycles. The van der Waals surface area contributed by atoms with Crippen molar-refractivity contribution in [2.45, 2.75) is 26.4 Å². The Morgan fingerprint density at radius 3 is 2.75 bits per heavy atom. The van der Waals surface area contributed by atoms with Crippen LogP contribution < -0.4 is 10.1 Å². The Morgan fingerprint density at radius 1 is 1.25 bits per heavy atom. The summed E-state index contributed by atoms with van der Waals surface area (Å²) in [4.78, 5) is 31.0. The number of piperazine rings is 1. The first-order valence-corrected chi connectivity index (χ1v) is 11.5. The molecule has 1 unspecified atom stereocenters. The Balaban J connectivity index is 1.47. The van der Waals surface area contributed by atoms with Gasteiger partial charge in [0.1, 0.15) is 16.3 Å². The molecule has 32 heavy (non-hydrogen) atoms. The van der Waals surface area contributed by atoms with Gasteiger partial charge >= 0.3 is 6.03 Å². The van der Waals surface area contributed by atoms with Gasteiger partial charge in [0.25, 0.3) is 5.91 Å². The summed E-state index contributed by atoms with van der Waals surface area (Å²) >= 11 is 1.63. The highest BCUT2D eigenvalue weighted by Gasteiger charge is 2.32. The number of nitrogens with zero attached hydrogens (tertiary/aromatic N) is 3. The lowest BCUT2D eigenvalue weighted by Crippen LogP contribution is -2.56. The topological polar surface area (TPSA) is 66.8 Å². The maximum atomic E-state index is 13.4. The van der Waals surface area contributed by atoms with E-state index in [-0.39, 0.29) is 18.0 Å². The van der Waals surface area contributed by atoms with Crippen LogP contribution in [0.15, 0.2) is 53.9 Å². The van der Waals surface area contributed by atoms with Crippen LogP contribution in [0.2, 0.25) is 0 Å². The number of methoxy groups -OCH3 is 1. The maximum absolute atomic E-state index is 13.4. The fourth-order valence-electron chi connectivity index (χ4n) is 4.12. The summed E-state index contributed by atoms with van der Waals surface area (Å²) in [5.74, 6) is 0.604. The Labute approximate surface area is 191 Å². The molecule has 1 fully saturated rings. The van der Waals surface area contributed by atoms with Crippen molar-refractivity contribution in [3.8, 4) is 5.75 Å². The summed E-state index contributed by atoms with van der Waals surface area (Å²) < 4.78 is 7.37. The molecule has 0 bridgehead atoms. The number of carbonyl (C=O) groups excluding carboxylic acids is 2. The van der Waals surface area contributed by atoms with Gasteiger partial charge in [-0.2, -0.15) is 0 Å². The molecule has 3 heterocycles. The van der Waals surface area contributed by atoms with E-state index < -0.39 is 0 Å². The molecular formula is C24H28N4O3S. The number of rotatable bonds is 5. The van der Waals surface area contributed by atoms with Crippen molar-refractivity contribution >= 4 is 39.2 Å². The van der Waals surface area contributed by atoms with E-state index in [0.717, 1.165) is 15.8 Å². The Kier molecular flexibility index (Phi) is 6.23. The minimum absolute atomic E-state index is 0.00807. The third-order valence-corrected chi connectivity index (χ3v) is 6.63. The minimum Gasteiger partial charge on any atom is -0.495 e. The molecular weight excluding hydrogens is 424 g/mol. The third kappa shape index (κ3) is 4.23. The molecule has 168 valence electrons. The second-order valence-corrected chi connectivity index (χ2v) is 9.07. The molecule has 0 saturated carbocycles. The molecule has 1 atom stereocenters. The van der Waals surface area contributed by atoms with Gasteiger partial charge in [-0.1, -0.05) is 24.3 Å². The van der Waals surface area contributed by atoms with E-state index in [9.17, 15) is 9.59 Å². The molecule has 1 N–H and O–H groups in total. The number of urea groups is 1. The number of hydrogen-bond donors (Lipinski definition) is 1. The Bertz CT molecular complexity index is 1170. The van der Waals surface area contributed by atoms with Crippen LogP contribution in [0.5, 0.6) is 5.75 Å². The number of benzene rings is 1. The second-order valence-electron chi connectivity index (χ2n) is 8.18. The number of fused-ring (bicyclic) bond motifs is 1. The largest absolute Gasteiger partial charge is 0.495 e. The molecule has 8 heteroatoms.